The number of benzene rings is 1. The van der Waals surface area contributed by atoms with Gasteiger partial charge in [0.1, 0.15) is 11.9 Å². The number of hydrogen-bond acceptors (Lipinski definition) is 4. The predicted molar refractivity (Wildman–Crippen MR) is 92.4 cm³/mol. The van der Waals surface area contributed by atoms with Crippen LogP contribution in [-0.2, 0) is 14.3 Å². The van der Waals surface area contributed by atoms with E-state index in [0.717, 1.165) is 12.0 Å². The number of ketones is 1. The molecule has 1 amide bonds. The summed E-state index contributed by atoms with van der Waals surface area (Å²) in [6.45, 7) is 0. The van der Waals surface area contributed by atoms with Crippen LogP contribution in [0.2, 0.25) is 0 Å². The standard InChI is InChI=1S/C19H20ClNO4/c1-21-16(10-4-3-5-12(8-10)24-2)15-17(22)13-9-11(20)6-7-14(13)25-18(15)19(21)23/h3-5,8,11,13-14,16H,6-7,9H2,1-2H3. The first kappa shape index (κ1) is 16.5. The minimum absolute atomic E-state index is 0.00196. The van der Waals surface area contributed by atoms with Gasteiger partial charge in [0.2, 0.25) is 0 Å². The van der Waals surface area contributed by atoms with E-state index in [4.69, 9.17) is 21.1 Å². The summed E-state index contributed by atoms with van der Waals surface area (Å²) in [4.78, 5) is 27.5. The van der Waals surface area contributed by atoms with Crippen LogP contribution in [0, 0.1) is 5.92 Å². The molecule has 0 spiro atoms. The summed E-state index contributed by atoms with van der Waals surface area (Å²) in [6, 6.07) is 7.01. The van der Waals surface area contributed by atoms with E-state index < -0.39 is 6.04 Å². The zero-order valence-corrected chi connectivity index (χ0v) is 15.0. The molecule has 132 valence electrons. The molecule has 5 nitrogen and oxygen atoms in total. The molecule has 1 fully saturated rings. The van der Waals surface area contributed by atoms with Gasteiger partial charge in [-0.15, -0.1) is 11.6 Å². The average Bonchev–Trinajstić information content (AvgIpc) is 2.87. The van der Waals surface area contributed by atoms with Crippen molar-refractivity contribution in [3.05, 3.63) is 41.2 Å². The van der Waals surface area contributed by atoms with Crippen LogP contribution < -0.4 is 4.74 Å². The normalized spacial score (nSPS) is 31.6. The first-order valence-electron chi connectivity index (χ1n) is 8.51. The van der Waals surface area contributed by atoms with Gasteiger partial charge in [0.25, 0.3) is 5.91 Å². The lowest BCUT2D eigenvalue weighted by molar-refractivity contribution is -0.134. The molecule has 4 rings (SSSR count). The fourth-order valence-electron chi connectivity index (χ4n) is 4.13. The predicted octanol–water partition coefficient (Wildman–Crippen LogP) is 2.84. The number of carbonyl (C=O) groups excluding carboxylic acids is 2. The van der Waals surface area contributed by atoms with Crippen LogP contribution in [-0.4, -0.2) is 42.2 Å². The highest BCUT2D eigenvalue weighted by Gasteiger charge is 2.51. The van der Waals surface area contributed by atoms with Crippen molar-refractivity contribution in [2.45, 2.75) is 36.8 Å². The third-order valence-corrected chi connectivity index (χ3v) is 5.82. The zero-order chi connectivity index (χ0) is 17.7. The highest BCUT2D eigenvalue weighted by atomic mass is 35.5. The molecule has 0 radical (unpaired) electrons. The first-order valence-corrected chi connectivity index (χ1v) is 8.95. The number of carbonyl (C=O) groups is 2. The summed E-state index contributed by atoms with van der Waals surface area (Å²) < 4.78 is 11.3. The van der Waals surface area contributed by atoms with E-state index >= 15 is 0 Å². The number of methoxy groups -OCH3 is 1. The number of fused-ring (bicyclic) bond motifs is 1. The number of rotatable bonds is 2. The number of likely N-dealkylation sites (N-methyl/N-ethyl adjacent to an activating group) is 1. The maximum absolute atomic E-state index is 13.2. The Morgan fingerprint density at radius 1 is 1.28 bits per heavy atom. The second-order valence-corrected chi connectivity index (χ2v) is 7.49. The molecule has 4 unspecified atom stereocenters. The lowest BCUT2D eigenvalue weighted by Crippen LogP contribution is -2.41. The molecule has 1 saturated carbocycles. The lowest BCUT2D eigenvalue weighted by atomic mass is 9.77. The van der Waals surface area contributed by atoms with Crippen LogP contribution in [0.3, 0.4) is 0 Å². The van der Waals surface area contributed by atoms with Gasteiger partial charge in [0.05, 0.1) is 24.6 Å². The fourth-order valence-corrected chi connectivity index (χ4v) is 4.45. The monoisotopic (exact) mass is 361 g/mol. The minimum Gasteiger partial charge on any atom is -0.497 e. The van der Waals surface area contributed by atoms with Crippen molar-refractivity contribution in [2.75, 3.05) is 14.2 Å². The number of Topliss-reactive ketones (excluding diaryl/α,β-unsaturated/α-hetero) is 1. The summed E-state index contributed by atoms with van der Waals surface area (Å²) in [5.74, 6) is 0.412. The van der Waals surface area contributed by atoms with Gasteiger partial charge in [-0.1, -0.05) is 12.1 Å². The second kappa shape index (κ2) is 6.06. The third kappa shape index (κ3) is 2.53. The fraction of sp³-hybridized carbons (Fsp3) is 0.474. The molecule has 4 atom stereocenters. The lowest BCUT2D eigenvalue weighted by Gasteiger charge is -2.37. The molecule has 0 aromatic heterocycles. The van der Waals surface area contributed by atoms with E-state index in [-0.39, 0.29) is 34.8 Å². The molecular weight excluding hydrogens is 342 g/mol. The third-order valence-electron chi connectivity index (χ3n) is 5.42. The molecule has 3 aliphatic rings. The van der Waals surface area contributed by atoms with Gasteiger partial charge in [0.15, 0.2) is 11.5 Å². The molecule has 2 heterocycles. The van der Waals surface area contributed by atoms with Gasteiger partial charge in [-0.05, 0) is 37.0 Å². The van der Waals surface area contributed by atoms with Crippen LogP contribution in [0.4, 0.5) is 0 Å². The highest BCUT2D eigenvalue weighted by molar-refractivity contribution is 6.21. The van der Waals surface area contributed by atoms with Crippen molar-refractivity contribution in [1.82, 2.24) is 4.90 Å². The van der Waals surface area contributed by atoms with E-state index in [2.05, 4.69) is 0 Å². The molecule has 1 aliphatic carbocycles. The van der Waals surface area contributed by atoms with Crippen LogP contribution in [0.25, 0.3) is 0 Å². The van der Waals surface area contributed by atoms with Gasteiger partial charge in [0, 0.05) is 12.4 Å². The molecule has 1 aromatic carbocycles. The average molecular weight is 362 g/mol. The van der Waals surface area contributed by atoms with E-state index in [0.29, 0.717) is 24.2 Å². The molecular formula is C19H20ClNO4. The maximum Gasteiger partial charge on any atom is 0.289 e. The summed E-state index contributed by atoms with van der Waals surface area (Å²) in [5, 5.41) is -0.0129. The van der Waals surface area contributed by atoms with Gasteiger partial charge in [-0.25, -0.2) is 0 Å². The second-order valence-electron chi connectivity index (χ2n) is 6.88. The molecule has 0 N–H and O–H groups in total. The molecule has 0 saturated heterocycles. The minimum atomic E-state index is -0.443. The van der Waals surface area contributed by atoms with Crippen LogP contribution in [0.1, 0.15) is 30.9 Å². The smallest absolute Gasteiger partial charge is 0.289 e. The number of hydrogen-bond donors (Lipinski definition) is 0. The molecule has 6 heteroatoms. The zero-order valence-electron chi connectivity index (χ0n) is 14.2. The largest absolute Gasteiger partial charge is 0.497 e. The van der Waals surface area contributed by atoms with Crippen molar-refractivity contribution < 1.29 is 19.1 Å². The van der Waals surface area contributed by atoms with Crippen molar-refractivity contribution in [2.24, 2.45) is 5.92 Å². The van der Waals surface area contributed by atoms with E-state index in [1.54, 1.807) is 19.1 Å². The van der Waals surface area contributed by atoms with E-state index in [1.165, 1.54) is 0 Å². The Balaban J connectivity index is 1.77. The van der Waals surface area contributed by atoms with Crippen molar-refractivity contribution in [1.29, 1.82) is 0 Å². The maximum atomic E-state index is 13.2. The molecule has 0 bridgehead atoms. The number of alkyl halides is 1. The first-order chi connectivity index (χ1) is 12.0. The van der Waals surface area contributed by atoms with Crippen LogP contribution in [0.5, 0.6) is 5.75 Å². The number of nitrogens with zero attached hydrogens (tertiary/aromatic N) is 1. The number of halogens is 1. The van der Waals surface area contributed by atoms with Crippen LogP contribution >= 0.6 is 11.6 Å². The summed E-state index contributed by atoms with van der Waals surface area (Å²) >= 11 is 6.28. The number of ether oxygens (including phenoxy) is 2. The SMILES string of the molecule is COc1cccc(C2C3=C(OC4CCC(Cl)CC4C3=O)C(=O)N2C)c1. The Kier molecular flexibility index (Phi) is 3.99. The van der Waals surface area contributed by atoms with Crippen LogP contribution in [0.15, 0.2) is 35.6 Å². The van der Waals surface area contributed by atoms with Crippen molar-refractivity contribution >= 4 is 23.3 Å². The number of amides is 1. The quantitative estimate of drug-likeness (QED) is 0.760. The van der Waals surface area contributed by atoms with E-state index in [1.807, 2.05) is 24.3 Å². The highest BCUT2D eigenvalue weighted by Crippen LogP contribution is 2.46. The Hall–Kier alpha value is -2.01. The van der Waals surface area contributed by atoms with Crippen molar-refractivity contribution in [3.8, 4) is 5.75 Å². The Morgan fingerprint density at radius 3 is 2.84 bits per heavy atom. The van der Waals surface area contributed by atoms with Gasteiger partial charge < -0.3 is 14.4 Å². The topological polar surface area (TPSA) is 55.8 Å². The van der Waals surface area contributed by atoms with Gasteiger partial charge in [-0.2, -0.15) is 0 Å². The Labute approximate surface area is 151 Å². The molecule has 2 aliphatic heterocycles. The Bertz CT molecular complexity index is 774. The summed E-state index contributed by atoms with van der Waals surface area (Å²) in [7, 11) is 3.30. The molecule has 1 aromatic rings. The van der Waals surface area contributed by atoms with E-state index in [9.17, 15) is 9.59 Å². The summed E-state index contributed by atoms with van der Waals surface area (Å²) in [6.07, 6.45) is 1.89. The van der Waals surface area contributed by atoms with Gasteiger partial charge in [-0.3, -0.25) is 9.59 Å². The van der Waals surface area contributed by atoms with Crippen molar-refractivity contribution in [3.63, 3.8) is 0 Å². The van der Waals surface area contributed by atoms with Gasteiger partial charge >= 0.3 is 0 Å². The Morgan fingerprint density at radius 2 is 2.08 bits per heavy atom. The summed E-state index contributed by atoms with van der Waals surface area (Å²) in [5.41, 5.74) is 1.31. The molecule has 25 heavy (non-hydrogen) atoms.